The van der Waals surface area contributed by atoms with E-state index < -0.39 is 5.97 Å². The van der Waals surface area contributed by atoms with E-state index in [4.69, 9.17) is 4.74 Å². The predicted molar refractivity (Wildman–Crippen MR) is 74.2 cm³/mol. The maximum atomic E-state index is 11.7. The molecule has 1 N–H and O–H groups in total. The lowest BCUT2D eigenvalue weighted by Gasteiger charge is -2.29. The third-order valence-corrected chi connectivity index (χ3v) is 4.36. The molecule has 1 aromatic rings. The van der Waals surface area contributed by atoms with Gasteiger partial charge in [0.1, 0.15) is 4.88 Å². The van der Waals surface area contributed by atoms with Crippen molar-refractivity contribution in [2.45, 2.75) is 38.6 Å². The highest BCUT2D eigenvalue weighted by Gasteiger charge is 2.23. The number of carbonyl (C=O) groups excluding carboxylic acids is 2. The van der Waals surface area contributed by atoms with E-state index in [1.807, 2.05) is 0 Å². The Bertz CT molecular complexity index is 430. The van der Waals surface area contributed by atoms with Gasteiger partial charge >= 0.3 is 5.97 Å². The van der Waals surface area contributed by atoms with Crippen molar-refractivity contribution < 1.29 is 14.3 Å². The summed E-state index contributed by atoms with van der Waals surface area (Å²) in [6.07, 6.45) is 4.57. The molecule has 1 amide bonds. The van der Waals surface area contributed by atoms with Crippen LogP contribution in [0.1, 0.15) is 42.3 Å². The lowest BCUT2D eigenvalue weighted by atomic mass is 9.86. The number of rotatable bonds is 4. The van der Waals surface area contributed by atoms with E-state index in [2.05, 4.69) is 12.2 Å². The predicted octanol–water partition coefficient (Wildman–Crippen LogP) is 2.60. The second-order valence-electron chi connectivity index (χ2n) is 4.99. The van der Waals surface area contributed by atoms with Gasteiger partial charge in [0.25, 0.3) is 5.91 Å². The van der Waals surface area contributed by atoms with Crippen molar-refractivity contribution in [3.63, 3.8) is 0 Å². The van der Waals surface area contributed by atoms with Gasteiger partial charge in [-0.2, -0.15) is 0 Å². The lowest BCUT2D eigenvalue weighted by molar-refractivity contribution is -0.125. The number of nitrogens with one attached hydrogen (secondary N) is 1. The Kier molecular flexibility index (Phi) is 4.96. The van der Waals surface area contributed by atoms with Crippen LogP contribution in [0.2, 0.25) is 0 Å². The van der Waals surface area contributed by atoms with Crippen molar-refractivity contribution in [3.05, 3.63) is 22.4 Å². The zero-order valence-corrected chi connectivity index (χ0v) is 11.9. The van der Waals surface area contributed by atoms with Gasteiger partial charge in [-0.15, -0.1) is 11.3 Å². The summed E-state index contributed by atoms with van der Waals surface area (Å²) in [7, 11) is 0. The first-order valence-corrected chi connectivity index (χ1v) is 7.55. The molecule has 104 valence electrons. The van der Waals surface area contributed by atoms with Crippen LogP contribution in [0.25, 0.3) is 0 Å². The molecule has 2 rings (SSSR count). The van der Waals surface area contributed by atoms with E-state index >= 15 is 0 Å². The second-order valence-corrected chi connectivity index (χ2v) is 5.94. The normalized spacial score (nSPS) is 22.8. The molecule has 2 atom stereocenters. The minimum atomic E-state index is -0.429. The average Bonchev–Trinajstić information content (AvgIpc) is 2.93. The molecule has 1 aromatic heterocycles. The fraction of sp³-hybridized carbons (Fsp3) is 0.571. The van der Waals surface area contributed by atoms with Crippen LogP contribution in [-0.4, -0.2) is 24.5 Å². The van der Waals surface area contributed by atoms with Gasteiger partial charge in [-0.3, -0.25) is 4.79 Å². The number of hydrogen-bond acceptors (Lipinski definition) is 4. The second kappa shape index (κ2) is 6.70. The molecule has 1 heterocycles. The van der Waals surface area contributed by atoms with Gasteiger partial charge in [0.05, 0.1) is 0 Å². The van der Waals surface area contributed by atoms with Gasteiger partial charge in [-0.25, -0.2) is 4.79 Å². The number of ether oxygens (including phenoxy) is 1. The first-order valence-electron chi connectivity index (χ1n) is 6.67. The monoisotopic (exact) mass is 281 g/mol. The maximum Gasteiger partial charge on any atom is 0.348 e. The Morgan fingerprint density at radius 2 is 2.21 bits per heavy atom. The lowest BCUT2D eigenvalue weighted by Crippen LogP contribution is -2.42. The van der Waals surface area contributed by atoms with Crippen LogP contribution >= 0.6 is 11.3 Å². The summed E-state index contributed by atoms with van der Waals surface area (Å²) in [6, 6.07) is 3.70. The molecule has 0 saturated heterocycles. The molecule has 0 unspecified atom stereocenters. The topological polar surface area (TPSA) is 55.4 Å². The van der Waals surface area contributed by atoms with Crippen molar-refractivity contribution in [1.29, 1.82) is 0 Å². The van der Waals surface area contributed by atoms with E-state index in [0.29, 0.717) is 10.8 Å². The Balaban J connectivity index is 1.74. The van der Waals surface area contributed by atoms with Gasteiger partial charge in [0.15, 0.2) is 6.61 Å². The highest BCUT2D eigenvalue weighted by molar-refractivity contribution is 7.11. The summed E-state index contributed by atoms with van der Waals surface area (Å²) in [4.78, 5) is 23.8. The van der Waals surface area contributed by atoms with Crippen LogP contribution in [0, 0.1) is 5.92 Å². The molecule has 0 aliphatic heterocycles. The summed E-state index contributed by atoms with van der Waals surface area (Å²) >= 11 is 1.31. The number of carbonyl (C=O) groups is 2. The summed E-state index contributed by atoms with van der Waals surface area (Å²) in [6.45, 7) is 1.96. The SMILES string of the molecule is C[C@@H]1CCCC[C@@H]1NC(=O)COC(=O)c1cccs1. The fourth-order valence-electron chi connectivity index (χ4n) is 2.38. The molecule has 0 radical (unpaired) electrons. The van der Waals surface area contributed by atoms with Crippen molar-refractivity contribution in [2.24, 2.45) is 5.92 Å². The minimum absolute atomic E-state index is 0.194. The van der Waals surface area contributed by atoms with Crippen LogP contribution in [0.4, 0.5) is 0 Å². The molecule has 19 heavy (non-hydrogen) atoms. The first-order chi connectivity index (χ1) is 9.16. The summed E-state index contributed by atoms with van der Waals surface area (Å²) in [5.41, 5.74) is 0. The third-order valence-electron chi connectivity index (χ3n) is 3.51. The molecule has 0 spiro atoms. The van der Waals surface area contributed by atoms with Gasteiger partial charge in [-0.05, 0) is 30.2 Å². The first kappa shape index (κ1) is 14.1. The van der Waals surface area contributed by atoms with E-state index in [9.17, 15) is 9.59 Å². The number of esters is 1. The van der Waals surface area contributed by atoms with Crippen molar-refractivity contribution in [1.82, 2.24) is 5.32 Å². The standard InChI is InChI=1S/C14H19NO3S/c1-10-5-2-3-6-11(10)15-13(16)9-18-14(17)12-7-4-8-19-12/h4,7-8,10-11H,2-3,5-6,9H2,1H3,(H,15,16)/t10-,11+/m1/s1. The zero-order valence-electron chi connectivity index (χ0n) is 11.1. The van der Waals surface area contributed by atoms with E-state index in [-0.39, 0.29) is 18.6 Å². The molecule has 1 aliphatic rings. The summed E-state index contributed by atoms with van der Waals surface area (Å²) in [5, 5.41) is 4.76. The third kappa shape index (κ3) is 4.06. The van der Waals surface area contributed by atoms with Gasteiger partial charge in [0.2, 0.25) is 0 Å². The molecular formula is C14H19NO3S. The van der Waals surface area contributed by atoms with E-state index in [1.165, 1.54) is 17.8 Å². The van der Waals surface area contributed by atoms with Crippen LogP contribution in [0.5, 0.6) is 0 Å². The highest BCUT2D eigenvalue weighted by Crippen LogP contribution is 2.23. The van der Waals surface area contributed by atoms with Gasteiger partial charge in [0, 0.05) is 6.04 Å². The average molecular weight is 281 g/mol. The number of thiophene rings is 1. The zero-order chi connectivity index (χ0) is 13.7. The van der Waals surface area contributed by atoms with E-state index in [0.717, 1.165) is 19.3 Å². The summed E-state index contributed by atoms with van der Waals surface area (Å²) < 4.78 is 4.98. The Labute approximate surface area is 117 Å². The molecule has 1 fully saturated rings. The molecule has 0 bridgehead atoms. The van der Waals surface area contributed by atoms with Crippen LogP contribution in [-0.2, 0) is 9.53 Å². The molecule has 5 heteroatoms. The smallest absolute Gasteiger partial charge is 0.348 e. The number of amides is 1. The van der Waals surface area contributed by atoms with Crippen molar-refractivity contribution >= 4 is 23.2 Å². The fourth-order valence-corrected chi connectivity index (χ4v) is 2.99. The van der Waals surface area contributed by atoms with E-state index in [1.54, 1.807) is 17.5 Å². The van der Waals surface area contributed by atoms with Gasteiger partial charge in [-0.1, -0.05) is 25.8 Å². The van der Waals surface area contributed by atoms with Crippen LogP contribution in [0.3, 0.4) is 0 Å². The highest BCUT2D eigenvalue weighted by atomic mass is 32.1. The molecule has 1 saturated carbocycles. The minimum Gasteiger partial charge on any atom is -0.451 e. The Morgan fingerprint density at radius 1 is 1.42 bits per heavy atom. The maximum absolute atomic E-state index is 11.7. The van der Waals surface area contributed by atoms with Crippen molar-refractivity contribution in [3.8, 4) is 0 Å². The quantitative estimate of drug-likeness (QED) is 0.863. The molecule has 4 nitrogen and oxygen atoms in total. The van der Waals surface area contributed by atoms with Crippen molar-refractivity contribution in [2.75, 3.05) is 6.61 Å². The van der Waals surface area contributed by atoms with Crippen LogP contribution < -0.4 is 5.32 Å². The van der Waals surface area contributed by atoms with Gasteiger partial charge < -0.3 is 10.1 Å². The number of hydrogen-bond donors (Lipinski definition) is 1. The Hall–Kier alpha value is -1.36. The summed E-state index contributed by atoms with van der Waals surface area (Å²) in [5.74, 6) is -0.129. The molecular weight excluding hydrogens is 262 g/mol. The largest absolute Gasteiger partial charge is 0.451 e. The molecule has 0 aromatic carbocycles. The Morgan fingerprint density at radius 3 is 2.89 bits per heavy atom. The molecule has 1 aliphatic carbocycles. The van der Waals surface area contributed by atoms with Crippen LogP contribution in [0.15, 0.2) is 17.5 Å².